The van der Waals surface area contributed by atoms with Crippen molar-refractivity contribution in [1.29, 1.82) is 0 Å². The normalized spacial score (nSPS) is 10.6. The number of nitrogens with zero attached hydrogens (tertiary/aromatic N) is 1. The summed E-state index contributed by atoms with van der Waals surface area (Å²) in [7, 11) is 1.69. The van der Waals surface area contributed by atoms with Gasteiger partial charge in [-0.25, -0.2) is 4.57 Å². The van der Waals surface area contributed by atoms with E-state index in [1.54, 1.807) is 7.11 Å². The molecule has 0 saturated carbocycles. The number of methoxy groups -OCH3 is 1. The summed E-state index contributed by atoms with van der Waals surface area (Å²) in [6.07, 6.45) is 4.30. The van der Waals surface area contributed by atoms with E-state index in [1.807, 2.05) is 12.1 Å². The lowest BCUT2D eigenvalue weighted by molar-refractivity contribution is -0.687. The first kappa shape index (κ1) is 11.7. The number of pyridine rings is 1. The van der Waals surface area contributed by atoms with E-state index in [-0.39, 0.29) is 0 Å². The van der Waals surface area contributed by atoms with Gasteiger partial charge in [0, 0.05) is 17.0 Å². The number of rotatable bonds is 3. The topological polar surface area (TPSA) is 13.1 Å². The molecule has 0 unspecified atom stereocenters. The van der Waals surface area contributed by atoms with Gasteiger partial charge in [-0.15, -0.1) is 0 Å². The van der Waals surface area contributed by atoms with Gasteiger partial charge in [0.25, 0.3) is 0 Å². The Morgan fingerprint density at radius 3 is 2.37 bits per heavy atom. The molecule has 0 spiro atoms. The number of hydrogen-bond acceptors (Lipinski definition) is 1. The van der Waals surface area contributed by atoms with Crippen molar-refractivity contribution in [2.75, 3.05) is 7.11 Å². The number of fused-ring (bicyclic) bond motifs is 1. The molecule has 0 aliphatic carbocycles. The van der Waals surface area contributed by atoms with Crippen molar-refractivity contribution in [1.82, 2.24) is 0 Å². The molecule has 2 nitrogen and oxygen atoms in total. The highest BCUT2D eigenvalue weighted by Gasteiger charge is 2.04. The minimum Gasteiger partial charge on any atom is -0.497 e. The highest BCUT2D eigenvalue weighted by molar-refractivity contribution is 5.80. The van der Waals surface area contributed by atoms with Crippen LogP contribution in [0.15, 0.2) is 67.0 Å². The Morgan fingerprint density at radius 2 is 1.63 bits per heavy atom. The Labute approximate surface area is 112 Å². The highest BCUT2D eigenvalue weighted by Crippen LogP contribution is 2.12. The Morgan fingerprint density at radius 1 is 0.895 bits per heavy atom. The van der Waals surface area contributed by atoms with E-state index in [0.717, 1.165) is 12.3 Å². The Kier molecular flexibility index (Phi) is 3.15. The van der Waals surface area contributed by atoms with Gasteiger partial charge in [-0.3, -0.25) is 0 Å². The molecule has 0 aliphatic rings. The molecule has 1 aromatic heterocycles. The molecule has 0 radical (unpaired) electrons. The lowest BCUT2D eigenvalue weighted by atomic mass is 10.1. The second kappa shape index (κ2) is 5.11. The molecule has 3 rings (SSSR count). The minimum atomic E-state index is 0.870. The van der Waals surface area contributed by atoms with Gasteiger partial charge < -0.3 is 4.74 Å². The average molecular weight is 250 g/mol. The maximum atomic E-state index is 5.17. The fourth-order valence-corrected chi connectivity index (χ4v) is 2.22. The van der Waals surface area contributed by atoms with Gasteiger partial charge in [0.15, 0.2) is 18.9 Å². The van der Waals surface area contributed by atoms with Crippen molar-refractivity contribution in [3.8, 4) is 5.75 Å². The second-order valence-electron chi connectivity index (χ2n) is 4.59. The first-order chi connectivity index (χ1) is 9.35. The van der Waals surface area contributed by atoms with Gasteiger partial charge in [-0.05, 0) is 35.7 Å². The van der Waals surface area contributed by atoms with E-state index in [4.69, 9.17) is 4.74 Å². The van der Waals surface area contributed by atoms with Crippen molar-refractivity contribution in [3.05, 3.63) is 72.6 Å². The van der Waals surface area contributed by atoms with E-state index in [9.17, 15) is 0 Å². The van der Waals surface area contributed by atoms with Crippen LogP contribution in [0.5, 0.6) is 5.75 Å². The van der Waals surface area contributed by atoms with Crippen LogP contribution < -0.4 is 9.30 Å². The molecule has 94 valence electrons. The van der Waals surface area contributed by atoms with E-state index in [1.165, 1.54) is 16.3 Å². The summed E-state index contributed by atoms with van der Waals surface area (Å²) < 4.78 is 7.37. The van der Waals surface area contributed by atoms with Crippen molar-refractivity contribution >= 4 is 10.8 Å². The number of hydrogen-bond donors (Lipinski definition) is 0. The first-order valence-corrected chi connectivity index (χ1v) is 6.36. The standard InChI is InChI=1S/C17H16NO/c1-19-17-8-6-14(7-9-17)12-18-11-10-15-4-2-3-5-16(15)13-18/h2-11,13H,12H2,1H3/q+1. The highest BCUT2D eigenvalue weighted by atomic mass is 16.5. The summed E-state index contributed by atoms with van der Waals surface area (Å²) in [4.78, 5) is 0. The fourth-order valence-electron chi connectivity index (χ4n) is 2.22. The Hall–Kier alpha value is -2.35. The number of ether oxygens (including phenoxy) is 1. The van der Waals surface area contributed by atoms with E-state index < -0.39 is 0 Å². The smallest absolute Gasteiger partial charge is 0.176 e. The lowest BCUT2D eigenvalue weighted by Gasteiger charge is -2.02. The van der Waals surface area contributed by atoms with Gasteiger partial charge in [-0.1, -0.05) is 18.2 Å². The summed E-state index contributed by atoms with van der Waals surface area (Å²) in [6.45, 7) is 0.870. The zero-order valence-electron chi connectivity index (χ0n) is 10.9. The van der Waals surface area contributed by atoms with Crippen LogP contribution in [0.3, 0.4) is 0 Å². The van der Waals surface area contributed by atoms with Crippen LogP contribution in [0.4, 0.5) is 0 Å². The maximum absolute atomic E-state index is 5.17. The average Bonchev–Trinajstić information content (AvgIpc) is 2.48. The van der Waals surface area contributed by atoms with Crippen LogP contribution in [-0.4, -0.2) is 7.11 Å². The van der Waals surface area contributed by atoms with Crippen LogP contribution >= 0.6 is 0 Å². The molecular weight excluding hydrogens is 234 g/mol. The summed E-state index contributed by atoms with van der Waals surface area (Å²) in [5.74, 6) is 0.896. The number of benzene rings is 2. The van der Waals surface area contributed by atoms with Gasteiger partial charge in [0.05, 0.1) is 7.11 Å². The summed E-state index contributed by atoms with van der Waals surface area (Å²) in [6, 6.07) is 18.7. The molecular formula is C17H16NO+. The lowest BCUT2D eigenvalue weighted by Crippen LogP contribution is -2.33. The molecule has 3 aromatic rings. The monoisotopic (exact) mass is 250 g/mol. The molecule has 0 amide bonds. The van der Waals surface area contributed by atoms with Crippen molar-refractivity contribution in [3.63, 3.8) is 0 Å². The van der Waals surface area contributed by atoms with Crippen LogP contribution in [0, 0.1) is 0 Å². The maximum Gasteiger partial charge on any atom is 0.176 e. The predicted octanol–water partition coefficient (Wildman–Crippen LogP) is 3.18. The third kappa shape index (κ3) is 2.58. The third-order valence-electron chi connectivity index (χ3n) is 3.27. The third-order valence-corrected chi connectivity index (χ3v) is 3.27. The zero-order chi connectivity index (χ0) is 13.1. The molecule has 0 aliphatic heterocycles. The van der Waals surface area contributed by atoms with Crippen LogP contribution in [0.1, 0.15) is 5.56 Å². The molecule has 2 heteroatoms. The zero-order valence-corrected chi connectivity index (χ0v) is 10.9. The molecule has 0 fully saturated rings. The molecule has 1 heterocycles. The molecule has 0 atom stereocenters. The van der Waals surface area contributed by atoms with Crippen molar-refractivity contribution < 1.29 is 9.30 Å². The molecule has 19 heavy (non-hydrogen) atoms. The van der Waals surface area contributed by atoms with Crippen LogP contribution in [0.2, 0.25) is 0 Å². The predicted molar refractivity (Wildman–Crippen MR) is 76.2 cm³/mol. The van der Waals surface area contributed by atoms with Crippen LogP contribution in [0.25, 0.3) is 10.8 Å². The van der Waals surface area contributed by atoms with E-state index in [0.29, 0.717) is 0 Å². The SMILES string of the molecule is COc1ccc(C[n+]2ccc3ccccc3c2)cc1. The fraction of sp³-hybridized carbons (Fsp3) is 0.118. The Balaban J connectivity index is 1.87. The summed E-state index contributed by atoms with van der Waals surface area (Å²) >= 11 is 0. The largest absolute Gasteiger partial charge is 0.497 e. The van der Waals surface area contributed by atoms with E-state index >= 15 is 0 Å². The number of aromatic nitrogens is 1. The van der Waals surface area contributed by atoms with E-state index in [2.05, 4.69) is 59.4 Å². The minimum absolute atomic E-state index is 0.870. The quantitative estimate of drug-likeness (QED) is 0.651. The molecule has 0 bridgehead atoms. The van der Waals surface area contributed by atoms with Gasteiger partial charge in [0.2, 0.25) is 0 Å². The molecule has 0 saturated heterocycles. The van der Waals surface area contributed by atoms with Gasteiger partial charge >= 0.3 is 0 Å². The van der Waals surface area contributed by atoms with Crippen LogP contribution in [-0.2, 0) is 6.54 Å². The Bertz CT molecular complexity index is 689. The summed E-state index contributed by atoms with van der Waals surface area (Å²) in [5, 5.41) is 2.53. The first-order valence-electron chi connectivity index (χ1n) is 6.36. The molecule has 0 N–H and O–H groups in total. The second-order valence-corrected chi connectivity index (χ2v) is 4.59. The molecule has 2 aromatic carbocycles. The van der Waals surface area contributed by atoms with Gasteiger partial charge in [-0.2, -0.15) is 0 Å². The van der Waals surface area contributed by atoms with Crippen molar-refractivity contribution in [2.45, 2.75) is 6.54 Å². The summed E-state index contributed by atoms with van der Waals surface area (Å²) in [5.41, 5.74) is 1.26. The van der Waals surface area contributed by atoms with Crippen molar-refractivity contribution in [2.24, 2.45) is 0 Å². The van der Waals surface area contributed by atoms with Gasteiger partial charge in [0.1, 0.15) is 5.75 Å².